The number of nitriles is 1. The van der Waals surface area contributed by atoms with Gasteiger partial charge in [0.25, 0.3) is 0 Å². The van der Waals surface area contributed by atoms with Gasteiger partial charge in [-0.2, -0.15) is 5.26 Å². The lowest BCUT2D eigenvalue weighted by atomic mass is 9.67. The molecule has 1 aliphatic carbocycles. The number of fused-ring (bicyclic) bond motifs is 18. The van der Waals surface area contributed by atoms with Gasteiger partial charge < -0.3 is 13.7 Å². The van der Waals surface area contributed by atoms with E-state index >= 15 is 0 Å². The number of benzene rings is 8. The third-order valence-electron chi connectivity index (χ3n) is 14.4. The van der Waals surface area contributed by atoms with Crippen molar-refractivity contribution in [1.29, 1.82) is 5.26 Å². The molecule has 0 radical (unpaired) electrons. The summed E-state index contributed by atoms with van der Waals surface area (Å²) >= 11 is 1.83. The third-order valence-corrected chi connectivity index (χ3v) is 15.5. The van der Waals surface area contributed by atoms with E-state index in [9.17, 15) is 5.26 Å². The lowest BCUT2D eigenvalue weighted by Crippen LogP contribution is -2.33. The summed E-state index contributed by atoms with van der Waals surface area (Å²) < 4.78 is 7.21. The molecular weight excluding hydrogens is 837 g/mol. The summed E-state index contributed by atoms with van der Waals surface area (Å²) in [7, 11) is 0. The molecule has 0 bridgehead atoms. The van der Waals surface area contributed by atoms with Gasteiger partial charge in [-0.05, 0) is 96.1 Å². The average molecular weight is 871 g/mol. The number of aromatic nitrogens is 5. The topological polar surface area (TPSA) is 64.4 Å². The largest absolute Gasteiger partial charge is 0.309 e. The summed E-state index contributed by atoms with van der Waals surface area (Å²) in [6, 6.07) is 72.5. The Balaban J connectivity index is 1.08. The predicted molar refractivity (Wildman–Crippen MR) is 271 cm³/mol. The Kier molecular flexibility index (Phi) is 7.34. The molecule has 0 saturated carbocycles. The van der Waals surface area contributed by atoms with Crippen molar-refractivity contribution in [2.24, 2.45) is 0 Å². The number of nitrogens with zero attached hydrogens (tertiary/aromatic N) is 6. The van der Waals surface area contributed by atoms with Crippen LogP contribution < -0.4 is 0 Å². The van der Waals surface area contributed by atoms with Gasteiger partial charge in [0.15, 0.2) is 0 Å². The molecule has 0 saturated heterocycles. The highest BCUT2D eigenvalue weighted by Gasteiger charge is 2.53. The van der Waals surface area contributed by atoms with Crippen LogP contribution in [0.3, 0.4) is 0 Å². The molecule has 67 heavy (non-hydrogen) atoms. The molecule has 1 aliphatic heterocycles. The average Bonchev–Trinajstić information content (AvgIpc) is 4.10. The number of pyridine rings is 2. The molecule has 1 spiro atoms. The molecule has 1 atom stereocenters. The Bertz CT molecular complexity index is 4250. The molecule has 310 valence electrons. The van der Waals surface area contributed by atoms with Gasteiger partial charge >= 0.3 is 0 Å². The van der Waals surface area contributed by atoms with Gasteiger partial charge in [-0.1, -0.05) is 121 Å². The van der Waals surface area contributed by atoms with E-state index in [1.54, 1.807) is 0 Å². The number of rotatable bonds is 3. The van der Waals surface area contributed by atoms with Gasteiger partial charge in [0.1, 0.15) is 0 Å². The Morgan fingerprint density at radius 1 is 0.418 bits per heavy atom. The normalized spacial score (nSPS) is 14.9. The summed E-state index contributed by atoms with van der Waals surface area (Å²) in [5, 5.41) is 17.0. The fraction of sp³-hybridized carbons (Fsp3) is 0.0167. The molecule has 13 aromatic rings. The second kappa shape index (κ2) is 13.4. The van der Waals surface area contributed by atoms with E-state index in [-0.39, 0.29) is 0 Å². The van der Waals surface area contributed by atoms with Crippen molar-refractivity contribution in [3.8, 4) is 34.5 Å². The zero-order valence-electron chi connectivity index (χ0n) is 35.7. The summed E-state index contributed by atoms with van der Waals surface area (Å²) in [5.41, 5.74) is 16.1. The van der Waals surface area contributed by atoms with E-state index in [4.69, 9.17) is 9.97 Å². The first-order valence-electron chi connectivity index (χ1n) is 22.5. The number of hydrogen-bond donors (Lipinski definition) is 0. The van der Waals surface area contributed by atoms with E-state index in [0.29, 0.717) is 5.56 Å². The van der Waals surface area contributed by atoms with Crippen LogP contribution in [0.25, 0.3) is 93.9 Å². The van der Waals surface area contributed by atoms with Crippen LogP contribution in [0.2, 0.25) is 0 Å². The molecule has 15 rings (SSSR count). The van der Waals surface area contributed by atoms with Crippen LogP contribution in [0.5, 0.6) is 0 Å². The highest BCUT2D eigenvalue weighted by atomic mass is 32.2. The first-order chi connectivity index (χ1) is 33.2. The van der Waals surface area contributed by atoms with Gasteiger partial charge in [-0.25, -0.2) is 0 Å². The Labute approximate surface area is 388 Å². The highest BCUT2D eigenvalue weighted by molar-refractivity contribution is 7.99. The van der Waals surface area contributed by atoms with E-state index < -0.39 is 5.41 Å². The maximum Gasteiger partial charge on any atom is 0.0991 e. The van der Waals surface area contributed by atoms with Crippen LogP contribution in [0, 0.1) is 11.3 Å². The highest BCUT2D eigenvalue weighted by Crippen LogP contribution is 2.63. The van der Waals surface area contributed by atoms with Crippen molar-refractivity contribution >= 4 is 77.2 Å². The zero-order chi connectivity index (χ0) is 44.0. The van der Waals surface area contributed by atoms with E-state index in [0.717, 1.165) is 88.3 Å². The van der Waals surface area contributed by atoms with Crippen LogP contribution in [0.1, 0.15) is 27.8 Å². The summed E-state index contributed by atoms with van der Waals surface area (Å²) in [4.78, 5) is 13.0. The first kappa shape index (κ1) is 36.6. The quantitative estimate of drug-likeness (QED) is 0.177. The van der Waals surface area contributed by atoms with Gasteiger partial charge in [0.2, 0.25) is 0 Å². The Morgan fingerprint density at radius 2 is 0.985 bits per heavy atom. The third kappa shape index (κ3) is 4.74. The van der Waals surface area contributed by atoms with Crippen molar-refractivity contribution in [1.82, 2.24) is 23.7 Å². The Hall–Kier alpha value is -8.70. The van der Waals surface area contributed by atoms with Crippen LogP contribution >= 0.6 is 11.8 Å². The Morgan fingerprint density at radius 3 is 1.63 bits per heavy atom. The standard InChI is InChI=1S/C60H34N6S/c61-34-36-26-29-53-44(31-36)43-17-5-8-21-50(43)64(53)37-27-28-45-56(33-37)67-55-25-11-24-54(66-51-22-9-3-15-41(51)42-16-4-10-23-52(42)66)57(55)60(45)46-18-12-30-62-58(46)59-47(60)32-38(35-63-59)65-48-19-6-1-13-39(48)40-14-2-7-20-49(40)65/h1-33,35H. The molecule has 6 nitrogen and oxygen atoms in total. The van der Waals surface area contributed by atoms with Crippen molar-refractivity contribution in [3.63, 3.8) is 0 Å². The zero-order valence-corrected chi connectivity index (χ0v) is 36.5. The second-order valence-corrected chi connectivity index (χ2v) is 18.7. The molecule has 2 aliphatic rings. The minimum atomic E-state index is -0.833. The SMILES string of the molecule is N#Cc1ccc2c(c1)c1ccccc1n2-c1ccc2c(c1)Sc1cccc(-n3c4ccccc4c4ccccc43)c1C21c2cccnc2-c2ncc(-n3c4ccccc4c4ccccc43)cc21. The molecule has 5 aromatic heterocycles. The lowest BCUT2D eigenvalue weighted by Gasteiger charge is -2.41. The molecular formula is C60H34N6S. The molecule has 0 N–H and O–H groups in total. The van der Waals surface area contributed by atoms with Gasteiger partial charge in [0.05, 0.1) is 79.1 Å². The second-order valence-electron chi connectivity index (χ2n) is 17.6. The maximum atomic E-state index is 9.92. The van der Waals surface area contributed by atoms with Crippen molar-refractivity contribution < 1.29 is 0 Å². The van der Waals surface area contributed by atoms with Crippen LogP contribution in [0.4, 0.5) is 0 Å². The predicted octanol–water partition coefficient (Wildman–Crippen LogP) is 14.5. The summed E-state index contributed by atoms with van der Waals surface area (Å²) in [6.45, 7) is 0. The number of para-hydroxylation sites is 5. The fourth-order valence-electron chi connectivity index (χ4n) is 11.8. The number of hydrogen-bond acceptors (Lipinski definition) is 4. The maximum absolute atomic E-state index is 9.92. The molecule has 0 amide bonds. The van der Waals surface area contributed by atoms with Crippen LogP contribution in [-0.4, -0.2) is 23.7 Å². The minimum absolute atomic E-state index is 0.648. The van der Waals surface area contributed by atoms with Crippen LogP contribution in [0.15, 0.2) is 216 Å². The molecule has 6 heterocycles. The van der Waals surface area contributed by atoms with Crippen LogP contribution in [-0.2, 0) is 5.41 Å². The molecule has 8 aromatic carbocycles. The van der Waals surface area contributed by atoms with E-state index in [1.165, 1.54) is 37.6 Å². The summed E-state index contributed by atoms with van der Waals surface area (Å²) in [6.07, 6.45) is 3.95. The lowest BCUT2D eigenvalue weighted by molar-refractivity contribution is 0.711. The molecule has 0 fully saturated rings. The van der Waals surface area contributed by atoms with Crippen molar-refractivity contribution in [2.45, 2.75) is 15.2 Å². The van der Waals surface area contributed by atoms with Gasteiger partial charge in [0, 0.05) is 65.1 Å². The molecule has 1 unspecified atom stereocenters. The van der Waals surface area contributed by atoms with Gasteiger partial charge in [-0.3, -0.25) is 9.97 Å². The smallest absolute Gasteiger partial charge is 0.0991 e. The van der Waals surface area contributed by atoms with Gasteiger partial charge in [-0.15, -0.1) is 0 Å². The first-order valence-corrected chi connectivity index (χ1v) is 23.4. The van der Waals surface area contributed by atoms with Crippen molar-refractivity contribution in [3.05, 3.63) is 234 Å². The monoisotopic (exact) mass is 870 g/mol. The fourth-order valence-corrected chi connectivity index (χ4v) is 13.1. The van der Waals surface area contributed by atoms with E-state index in [1.807, 2.05) is 36.3 Å². The summed E-state index contributed by atoms with van der Waals surface area (Å²) in [5.74, 6) is 0. The molecule has 7 heteroatoms. The minimum Gasteiger partial charge on any atom is -0.309 e. The van der Waals surface area contributed by atoms with Crippen molar-refractivity contribution in [2.75, 3.05) is 0 Å². The van der Waals surface area contributed by atoms with E-state index in [2.05, 4.69) is 202 Å².